The number of aliphatic hydroxyl groups is 1. The second-order valence-electron chi connectivity index (χ2n) is 6.43. The largest absolute Gasteiger partial charge is 0.396 e. The average molecular weight is 342 g/mol. The van der Waals surface area contributed by atoms with Crippen LogP contribution in [-0.4, -0.2) is 17.4 Å². The highest BCUT2D eigenvalue weighted by Gasteiger charge is 2.23. The Morgan fingerprint density at radius 3 is 1.75 bits per heavy atom. The lowest BCUT2D eigenvalue weighted by molar-refractivity contribution is 0.287. The van der Waals surface area contributed by atoms with E-state index >= 15 is 0 Å². The van der Waals surface area contributed by atoms with Gasteiger partial charge >= 0.3 is 0 Å². The molecule has 0 radical (unpaired) electrons. The van der Waals surface area contributed by atoms with E-state index in [0.29, 0.717) is 5.66 Å². The number of unbranched alkanes of at least 4 members (excludes halogenated alkanes) is 5. The van der Waals surface area contributed by atoms with Crippen molar-refractivity contribution in [2.75, 3.05) is 6.61 Å². The third kappa shape index (κ3) is 6.04. The van der Waals surface area contributed by atoms with E-state index in [4.69, 9.17) is 0 Å². The number of hydrogen-bond acceptors (Lipinski definition) is 1. The molecule has 0 saturated heterocycles. The van der Waals surface area contributed by atoms with Gasteiger partial charge in [-0.15, -0.1) is 0 Å². The Bertz CT molecular complexity index is 501. The Hall–Kier alpha value is -1.17. The maximum atomic E-state index is 10.1. The molecule has 0 saturated carbocycles. The first kappa shape index (κ1) is 19.2. The van der Waals surface area contributed by atoms with Crippen molar-refractivity contribution < 1.29 is 5.11 Å². The van der Waals surface area contributed by atoms with Crippen LogP contribution in [0.1, 0.15) is 51.9 Å². The molecule has 0 aromatic heterocycles. The van der Waals surface area contributed by atoms with Crippen LogP contribution in [0, 0.1) is 0 Å². The van der Waals surface area contributed by atoms with Gasteiger partial charge in [0.25, 0.3) is 0 Å². The summed E-state index contributed by atoms with van der Waals surface area (Å²) in [5.41, 5.74) is 0.357. The van der Waals surface area contributed by atoms with Crippen LogP contribution in [0.25, 0.3) is 0 Å². The van der Waals surface area contributed by atoms with Crippen molar-refractivity contribution >= 4 is 18.5 Å². The molecule has 0 aliphatic rings. The third-order valence-corrected chi connectivity index (χ3v) is 7.40. The van der Waals surface area contributed by atoms with Crippen LogP contribution in [0.5, 0.6) is 0 Å². The standard InChI is InChI=1S/C22H31OP/c1-2-3-4-5-6-9-18-22(19-23)24(20-14-10-7-11-15-20)21-16-12-8-13-17-21/h7-8,10-17,22-23H,2-6,9,18-19H2,1H3/t22-/m1/s1. The minimum atomic E-state index is -0.492. The van der Waals surface area contributed by atoms with E-state index in [1.807, 2.05) is 0 Å². The molecule has 24 heavy (non-hydrogen) atoms. The van der Waals surface area contributed by atoms with Crippen molar-refractivity contribution in [1.29, 1.82) is 0 Å². The van der Waals surface area contributed by atoms with Crippen LogP contribution in [0.15, 0.2) is 60.7 Å². The van der Waals surface area contributed by atoms with Gasteiger partial charge in [-0.05, 0) is 25.0 Å². The fraction of sp³-hybridized carbons (Fsp3) is 0.455. The van der Waals surface area contributed by atoms with Crippen molar-refractivity contribution in [1.82, 2.24) is 0 Å². The van der Waals surface area contributed by atoms with Crippen LogP contribution in [-0.2, 0) is 0 Å². The average Bonchev–Trinajstić information content (AvgIpc) is 2.65. The molecule has 0 heterocycles. The highest BCUT2D eigenvalue weighted by atomic mass is 31.1. The van der Waals surface area contributed by atoms with Gasteiger partial charge in [0.15, 0.2) is 0 Å². The molecule has 2 aromatic rings. The van der Waals surface area contributed by atoms with Gasteiger partial charge in [-0.2, -0.15) is 0 Å². The summed E-state index contributed by atoms with van der Waals surface area (Å²) in [5, 5.41) is 12.8. The summed E-state index contributed by atoms with van der Waals surface area (Å²) in [6, 6.07) is 21.5. The second-order valence-corrected chi connectivity index (χ2v) is 8.94. The van der Waals surface area contributed by atoms with Gasteiger partial charge in [0.05, 0.1) is 6.61 Å². The van der Waals surface area contributed by atoms with Gasteiger partial charge in [-0.3, -0.25) is 0 Å². The summed E-state index contributed by atoms with van der Waals surface area (Å²) in [4.78, 5) is 0. The lowest BCUT2D eigenvalue weighted by atomic mass is 10.1. The molecule has 0 fully saturated rings. The minimum absolute atomic E-state index is 0.282. The molecular weight excluding hydrogens is 311 g/mol. The third-order valence-electron chi connectivity index (χ3n) is 4.54. The van der Waals surface area contributed by atoms with E-state index in [1.165, 1.54) is 49.1 Å². The van der Waals surface area contributed by atoms with Crippen molar-refractivity contribution in [2.24, 2.45) is 0 Å². The zero-order valence-electron chi connectivity index (χ0n) is 14.9. The summed E-state index contributed by atoms with van der Waals surface area (Å²) < 4.78 is 0. The highest BCUT2D eigenvalue weighted by Crippen LogP contribution is 2.41. The number of benzene rings is 2. The Labute approximate surface area is 148 Å². The molecular formula is C22H31OP. The maximum Gasteiger partial charge on any atom is 0.0504 e. The second kappa shape index (κ2) is 11.4. The molecule has 0 aliphatic carbocycles. The van der Waals surface area contributed by atoms with Crippen molar-refractivity contribution in [3.8, 4) is 0 Å². The molecule has 2 heteroatoms. The van der Waals surface area contributed by atoms with Crippen LogP contribution in [0.3, 0.4) is 0 Å². The topological polar surface area (TPSA) is 20.2 Å². The van der Waals surface area contributed by atoms with E-state index < -0.39 is 7.92 Å². The highest BCUT2D eigenvalue weighted by molar-refractivity contribution is 7.73. The van der Waals surface area contributed by atoms with E-state index in [-0.39, 0.29) is 6.61 Å². The molecule has 0 bridgehead atoms. The Morgan fingerprint density at radius 2 is 1.25 bits per heavy atom. The molecule has 2 aromatic carbocycles. The van der Waals surface area contributed by atoms with Gasteiger partial charge in [0, 0.05) is 5.66 Å². The summed E-state index contributed by atoms with van der Waals surface area (Å²) in [6.45, 7) is 2.54. The van der Waals surface area contributed by atoms with Crippen LogP contribution >= 0.6 is 7.92 Å². The fourth-order valence-corrected chi connectivity index (χ4v) is 5.94. The van der Waals surface area contributed by atoms with Gasteiger partial charge in [0.2, 0.25) is 0 Å². The first-order valence-electron chi connectivity index (χ1n) is 9.37. The Balaban J connectivity index is 2.04. The molecule has 1 N–H and O–H groups in total. The van der Waals surface area contributed by atoms with Crippen molar-refractivity contribution in [2.45, 2.75) is 57.5 Å². The molecule has 0 unspecified atom stereocenters. The molecule has 1 nitrogen and oxygen atoms in total. The summed E-state index contributed by atoms with van der Waals surface area (Å²) in [5.74, 6) is 0. The minimum Gasteiger partial charge on any atom is -0.396 e. The molecule has 0 aliphatic heterocycles. The summed E-state index contributed by atoms with van der Waals surface area (Å²) >= 11 is 0. The number of rotatable bonds is 11. The van der Waals surface area contributed by atoms with Gasteiger partial charge in [-0.25, -0.2) is 0 Å². The van der Waals surface area contributed by atoms with Crippen molar-refractivity contribution in [3.63, 3.8) is 0 Å². The van der Waals surface area contributed by atoms with Gasteiger partial charge in [0.1, 0.15) is 0 Å². The molecule has 2 rings (SSSR count). The van der Waals surface area contributed by atoms with Crippen LogP contribution in [0.2, 0.25) is 0 Å². The number of aliphatic hydroxyl groups excluding tert-OH is 1. The lowest BCUT2D eigenvalue weighted by Gasteiger charge is -2.27. The first-order valence-corrected chi connectivity index (χ1v) is 10.8. The SMILES string of the molecule is CCCCCCCC[C@H](CO)P(c1ccccc1)c1ccccc1. The summed E-state index contributed by atoms with van der Waals surface area (Å²) in [6.07, 6.45) is 8.98. The Morgan fingerprint density at radius 1 is 0.750 bits per heavy atom. The predicted molar refractivity (Wildman–Crippen MR) is 108 cm³/mol. The molecule has 130 valence electrons. The summed E-state index contributed by atoms with van der Waals surface area (Å²) in [7, 11) is -0.492. The fourth-order valence-electron chi connectivity index (χ4n) is 3.21. The normalized spacial score (nSPS) is 12.5. The molecule has 0 spiro atoms. The molecule has 1 atom stereocenters. The van der Waals surface area contributed by atoms with E-state index in [0.717, 1.165) is 6.42 Å². The molecule has 0 amide bonds. The van der Waals surface area contributed by atoms with E-state index in [9.17, 15) is 5.11 Å². The predicted octanol–water partition coefficient (Wildman–Crippen LogP) is 5.23. The van der Waals surface area contributed by atoms with E-state index in [2.05, 4.69) is 67.6 Å². The quantitative estimate of drug-likeness (QED) is 0.438. The van der Waals surface area contributed by atoms with Gasteiger partial charge in [-0.1, -0.05) is 106 Å². The lowest BCUT2D eigenvalue weighted by Crippen LogP contribution is -2.24. The zero-order valence-corrected chi connectivity index (χ0v) is 15.8. The number of hydrogen-bond donors (Lipinski definition) is 1. The Kier molecular flexibility index (Phi) is 9.10. The van der Waals surface area contributed by atoms with Crippen molar-refractivity contribution in [3.05, 3.63) is 60.7 Å². The maximum absolute atomic E-state index is 10.1. The zero-order chi connectivity index (χ0) is 17.0. The first-order chi connectivity index (χ1) is 11.9. The van der Waals surface area contributed by atoms with Crippen LogP contribution < -0.4 is 10.6 Å². The smallest absolute Gasteiger partial charge is 0.0504 e. The monoisotopic (exact) mass is 342 g/mol. The van der Waals surface area contributed by atoms with Gasteiger partial charge < -0.3 is 5.11 Å². The van der Waals surface area contributed by atoms with E-state index in [1.54, 1.807) is 0 Å². The van der Waals surface area contributed by atoms with Crippen LogP contribution in [0.4, 0.5) is 0 Å².